The fourth-order valence-electron chi connectivity index (χ4n) is 1.55. The first kappa shape index (κ1) is 13.7. The van der Waals surface area contributed by atoms with E-state index in [-0.39, 0.29) is 18.1 Å². The summed E-state index contributed by atoms with van der Waals surface area (Å²) < 4.78 is 9.85. The van der Waals surface area contributed by atoms with Crippen LogP contribution in [-0.4, -0.2) is 24.7 Å². The molecule has 1 atom stereocenters. The third kappa shape index (κ3) is 2.35. The maximum atomic E-state index is 11.3. The van der Waals surface area contributed by atoms with Crippen LogP contribution in [0.5, 0.6) is 0 Å². The zero-order chi connectivity index (χ0) is 13.3. The Labute approximate surface area is 101 Å². The topological polar surface area (TPSA) is 85.7 Å². The van der Waals surface area contributed by atoms with Gasteiger partial charge in [0.05, 0.1) is 7.11 Å². The molecule has 0 bridgehead atoms. The minimum atomic E-state index is -1.32. The van der Waals surface area contributed by atoms with Gasteiger partial charge in [0.2, 0.25) is 5.76 Å². The zero-order valence-corrected chi connectivity index (χ0v) is 10.6. The van der Waals surface area contributed by atoms with Gasteiger partial charge in [-0.05, 0) is 17.5 Å². The minimum Gasteiger partial charge on any atom is -0.463 e. The number of hydrogen-bond acceptors (Lipinski definition) is 5. The first-order valence-electron chi connectivity index (χ1n) is 5.37. The van der Waals surface area contributed by atoms with Gasteiger partial charge in [-0.15, -0.1) is 0 Å². The number of aliphatic hydroxyl groups is 1. The summed E-state index contributed by atoms with van der Waals surface area (Å²) in [6.07, 6.45) is 0. The molecular weight excluding hydrogens is 222 g/mol. The standard InChI is InChI=1S/C12H19NO4/c1-11(2,3)12(15,7-13)9-6-5-8(17-9)10(14)16-4/h5-6,15H,7,13H2,1-4H3. The number of nitrogens with two attached hydrogens (primary N) is 1. The van der Waals surface area contributed by atoms with E-state index in [1.807, 2.05) is 20.8 Å². The van der Waals surface area contributed by atoms with Gasteiger partial charge in [0.15, 0.2) is 0 Å². The minimum absolute atomic E-state index is 0.00459. The van der Waals surface area contributed by atoms with E-state index in [0.29, 0.717) is 0 Å². The molecule has 96 valence electrons. The van der Waals surface area contributed by atoms with E-state index in [9.17, 15) is 9.90 Å². The van der Waals surface area contributed by atoms with Gasteiger partial charge in [0, 0.05) is 6.54 Å². The molecule has 0 amide bonds. The summed E-state index contributed by atoms with van der Waals surface area (Å²) in [6.45, 7) is 5.55. The Balaban J connectivity index is 3.15. The molecule has 0 aliphatic carbocycles. The lowest BCUT2D eigenvalue weighted by Crippen LogP contribution is -2.46. The van der Waals surface area contributed by atoms with Crippen molar-refractivity contribution in [1.82, 2.24) is 0 Å². The average Bonchev–Trinajstić information content (AvgIpc) is 2.74. The molecule has 1 aromatic heterocycles. The quantitative estimate of drug-likeness (QED) is 0.778. The third-order valence-electron chi connectivity index (χ3n) is 2.94. The molecule has 0 radical (unpaired) electrons. The second-order valence-electron chi connectivity index (χ2n) is 4.97. The Hall–Kier alpha value is -1.33. The largest absolute Gasteiger partial charge is 0.463 e. The fraction of sp³-hybridized carbons (Fsp3) is 0.583. The Morgan fingerprint density at radius 3 is 2.47 bits per heavy atom. The lowest BCUT2D eigenvalue weighted by molar-refractivity contribution is -0.0726. The molecule has 1 unspecified atom stereocenters. The Bertz CT molecular complexity index is 405. The number of carbonyl (C=O) groups is 1. The summed E-state index contributed by atoms with van der Waals surface area (Å²) in [6, 6.07) is 3.01. The van der Waals surface area contributed by atoms with Gasteiger partial charge in [-0.3, -0.25) is 0 Å². The summed E-state index contributed by atoms with van der Waals surface area (Å²) in [5.74, 6) is -0.254. The molecule has 0 aromatic carbocycles. The molecule has 0 aliphatic rings. The van der Waals surface area contributed by atoms with Crippen LogP contribution < -0.4 is 5.73 Å². The highest BCUT2D eigenvalue weighted by atomic mass is 16.5. The predicted octanol–water partition coefficient (Wildman–Crippen LogP) is 1.26. The van der Waals surface area contributed by atoms with Crippen LogP contribution in [0.2, 0.25) is 0 Å². The highest BCUT2D eigenvalue weighted by Gasteiger charge is 2.43. The van der Waals surface area contributed by atoms with Crippen LogP contribution in [-0.2, 0) is 10.3 Å². The monoisotopic (exact) mass is 241 g/mol. The van der Waals surface area contributed by atoms with E-state index < -0.39 is 17.0 Å². The number of methoxy groups -OCH3 is 1. The van der Waals surface area contributed by atoms with E-state index in [2.05, 4.69) is 4.74 Å². The van der Waals surface area contributed by atoms with Crippen molar-refractivity contribution in [2.45, 2.75) is 26.4 Å². The van der Waals surface area contributed by atoms with Gasteiger partial charge in [-0.2, -0.15) is 0 Å². The molecule has 1 aromatic rings. The molecule has 17 heavy (non-hydrogen) atoms. The van der Waals surface area contributed by atoms with E-state index in [1.54, 1.807) is 6.07 Å². The third-order valence-corrected chi connectivity index (χ3v) is 2.94. The first-order valence-corrected chi connectivity index (χ1v) is 5.37. The fourth-order valence-corrected chi connectivity index (χ4v) is 1.55. The highest BCUT2D eigenvalue weighted by molar-refractivity contribution is 5.86. The van der Waals surface area contributed by atoms with Crippen LogP contribution in [0.15, 0.2) is 16.5 Å². The number of hydrogen-bond donors (Lipinski definition) is 2. The van der Waals surface area contributed by atoms with Gasteiger partial charge in [-0.25, -0.2) is 4.79 Å². The molecule has 0 saturated carbocycles. The highest BCUT2D eigenvalue weighted by Crippen LogP contribution is 2.39. The van der Waals surface area contributed by atoms with Crippen LogP contribution in [0, 0.1) is 5.41 Å². The summed E-state index contributed by atoms with van der Waals surface area (Å²) >= 11 is 0. The van der Waals surface area contributed by atoms with E-state index >= 15 is 0 Å². The molecular formula is C12H19NO4. The summed E-state index contributed by atoms with van der Waals surface area (Å²) in [5.41, 5.74) is 3.79. The smallest absolute Gasteiger partial charge is 0.373 e. The molecule has 5 heteroatoms. The SMILES string of the molecule is COC(=O)c1ccc(C(O)(CN)C(C)(C)C)o1. The van der Waals surface area contributed by atoms with Gasteiger partial charge in [0.25, 0.3) is 0 Å². The Morgan fingerprint density at radius 2 is 2.06 bits per heavy atom. The van der Waals surface area contributed by atoms with E-state index in [4.69, 9.17) is 10.2 Å². The number of furan rings is 1. The molecule has 5 nitrogen and oxygen atoms in total. The van der Waals surface area contributed by atoms with Crippen LogP contribution in [0.1, 0.15) is 37.1 Å². The Kier molecular flexibility index (Phi) is 3.64. The molecule has 0 aliphatic heterocycles. The van der Waals surface area contributed by atoms with Crippen LogP contribution in [0.4, 0.5) is 0 Å². The van der Waals surface area contributed by atoms with Crippen LogP contribution in [0.3, 0.4) is 0 Å². The van der Waals surface area contributed by atoms with Gasteiger partial charge in [0.1, 0.15) is 11.4 Å². The van der Waals surface area contributed by atoms with Crippen molar-refractivity contribution in [2.75, 3.05) is 13.7 Å². The van der Waals surface area contributed by atoms with Crippen LogP contribution in [0.25, 0.3) is 0 Å². The number of esters is 1. The summed E-state index contributed by atoms with van der Waals surface area (Å²) in [7, 11) is 1.27. The van der Waals surface area contributed by atoms with Crippen LogP contribution >= 0.6 is 0 Å². The van der Waals surface area contributed by atoms with Crippen molar-refractivity contribution in [2.24, 2.45) is 11.1 Å². The number of ether oxygens (including phenoxy) is 1. The lowest BCUT2D eigenvalue weighted by atomic mass is 9.75. The Morgan fingerprint density at radius 1 is 1.47 bits per heavy atom. The van der Waals surface area contributed by atoms with Crippen molar-refractivity contribution in [3.63, 3.8) is 0 Å². The molecule has 3 N–H and O–H groups in total. The maximum Gasteiger partial charge on any atom is 0.373 e. The molecule has 0 spiro atoms. The second-order valence-corrected chi connectivity index (χ2v) is 4.97. The summed E-state index contributed by atoms with van der Waals surface area (Å²) in [4.78, 5) is 11.3. The van der Waals surface area contributed by atoms with Crippen molar-refractivity contribution in [3.05, 3.63) is 23.7 Å². The zero-order valence-electron chi connectivity index (χ0n) is 10.6. The predicted molar refractivity (Wildman–Crippen MR) is 62.5 cm³/mol. The molecule has 0 fully saturated rings. The first-order chi connectivity index (χ1) is 7.76. The van der Waals surface area contributed by atoms with Crippen molar-refractivity contribution in [3.8, 4) is 0 Å². The second kappa shape index (κ2) is 4.50. The van der Waals surface area contributed by atoms with E-state index in [0.717, 1.165) is 0 Å². The van der Waals surface area contributed by atoms with Gasteiger partial charge >= 0.3 is 5.97 Å². The normalized spacial score (nSPS) is 15.4. The number of carbonyl (C=O) groups excluding carboxylic acids is 1. The van der Waals surface area contributed by atoms with Gasteiger partial charge < -0.3 is 20.0 Å². The molecule has 0 saturated heterocycles. The number of rotatable bonds is 3. The van der Waals surface area contributed by atoms with E-state index in [1.165, 1.54) is 13.2 Å². The lowest BCUT2D eigenvalue weighted by Gasteiger charge is -2.37. The maximum absolute atomic E-state index is 11.3. The average molecular weight is 241 g/mol. The van der Waals surface area contributed by atoms with Gasteiger partial charge in [-0.1, -0.05) is 20.8 Å². The molecule has 1 heterocycles. The molecule has 1 rings (SSSR count). The van der Waals surface area contributed by atoms with Crippen molar-refractivity contribution < 1.29 is 19.1 Å². The van der Waals surface area contributed by atoms with Crippen molar-refractivity contribution >= 4 is 5.97 Å². The summed E-state index contributed by atoms with van der Waals surface area (Å²) in [5, 5.41) is 10.5. The van der Waals surface area contributed by atoms with Crippen molar-refractivity contribution in [1.29, 1.82) is 0 Å².